The number of thiocarbonyl (C=S) groups is 1. The molecule has 0 aliphatic heterocycles. The molecule has 21 heavy (non-hydrogen) atoms. The number of nitrogens with one attached hydrogen (secondary N) is 1. The summed E-state index contributed by atoms with van der Waals surface area (Å²) in [6.07, 6.45) is 3.75. The molecule has 2 unspecified atom stereocenters. The molecule has 0 spiro atoms. The van der Waals surface area contributed by atoms with E-state index in [4.69, 9.17) is 22.7 Å². The fourth-order valence-electron chi connectivity index (χ4n) is 2.69. The summed E-state index contributed by atoms with van der Waals surface area (Å²) in [7, 11) is 0. The van der Waals surface area contributed by atoms with E-state index in [2.05, 4.69) is 12.2 Å². The zero-order valence-corrected chi connectivity index (χ0v) is 13.1. The molecule has 2 atom stereocenters. The van der Waals surface area contributed by atoms with Crippen LogP contribution in [-0.4, -0.2) is 24.0 Å². The van der Waals surface area contributed by atoms with Gasteiger partial charge in [-0.15, -0.1) is 0 Å². The Morgan fingerprint density at radius 1 is 1.38 bits per heavy atom. The Morgan fingerprint density at radius 2 is 2.10 bits per heavy atom. The van der Waals surface area contributed by atoms with E-state index in [0.29, 0.717) is 22.6 Å². The first-order valence-electron chi connectivity index (χ1n) is 7.35. The third-order valence-corrected chi connectivity index (χ3v) is 4.35. The molecule has 0 heterocycles. The van der Waals surface area contributed by atoms with Gasteiger partial charge in [0.05, 0.1) is 0 Å². The van der Waals surface area contributed by atoms with Crippen molar-refractivity contribution in [3.8, 4) is 5.75 Å². The summed E-state index contributed by atoms with van der Waals surface area (Å²) in [6.45, 7) is 3.04. The van der Waals surface area contributed by atoms with Crippen molar-refractivity contribution >= 4 is 23.1 Å². The molecule has 5 heteroatoms. The van der Waals surface area contributed by atoms with Crippen molar-refractivity contribution in [2.24, 2.45) is 17.6 Å². The predicted octanol–water partition coefficient (Wildman–Crippen LogP) is 2.25. The van der Waals surface area contributed by atoms with E-state index >= 15 is 0 Å². The minimum atomic E-state index is -0.0764. The highest BCUT2D eigenvalue weighted by molar-refractivity contribution is 7.80. The minimum Gasteiger partial charge on any atom is -0.484 e. The van der Waals surface area contributed by atoms with Gasteiger partial charge in [-0.25, -0.2) is 0 Å². The number of amides is 1. The lowest BCUT2D eigenvalue weighted by atomic mass is 9.98. The van der Waals surface area contributed by atoms with Gasteiger partial charge >= 0.3 is 0 Å². The summed E-state index contributed by atoms with van der Waals surface area (Å²) in [5.74, 6) is 1.88. The summed E-state index contributed by atoms with van der Waals surface area (Å²) in [4.78, 5) is 12.1. The van der Waals surface area contributed by atoms with E-state index in [1.54, 1.807) is 24.3 Å². The first-order valence-corrected chi connectivity index (χ1v) is 7.76. The fraction of sp³-hybridized carbons (Fsp3) is 0.500. The second-order valence-electron chi connectivity index (χ2n) is 5.65. The van der Waals surface area contributed by atoms with Crippen LogP contribution in [0, 0.1) is 11.8 Å². The number of nitrogens with two attached hydrogens (primary N) is 1. The van der Waals surface area contributed by atoms with Crippen LogP contribution in [0.2, 0.25) is 0 Å². The van der Waals surface area contributed by atoms with E-state index in [0.717, 1.165) is 12.1 Å². The minimum absolute atomic E-state index is 0.0352. The van der Waals surface area contributed by atoms with Gasteiger partial charge in [0.25, 0.3) is 5.91 Å². The van der Waals surface area contributed by atoms with Crippen LogP contribution < -0.4 is 15.8 Å². The molecule has 0 saturated heterocycles. The molecular formula is C16H22N2O2S. The number of hydrogen-bond donors (Lipinski definition) is 2. The average Bonchev–Trinajstić information content (AvgIpc) is 2.88. The van der Waals surface area contributed by atoms with Crippen LogP contribution in [0.1, 0.15) is 31.7 Å². The SMILES string of the molecule is CC1CCCC1CNC(=O)COc1ccc(C(N)=S)cc1. The average molecular weight is 306 g/mol. The van der Waals surface area contributed by atoms with Gasteiger partial charge in [0.1, 0.15) is 10.7 Å². The van der Waals surface area contributed by atoms with E-state index in [-0.39, 0.29) is 12.5 Å². The van der Waals surface area contributed by atoms with Crippen LogP contribution in [0.15, 0.2) is 24.3 Å². The predicted molar refractivity (Wildman–Crippen MR) is 87.3 cm³/mol. The molecule has 1 aliphatic carbocycles. The largest absolute Gasteiger partial charge is 0.484 e. The monoisotopic (exact) mass is 306 g/mol. The maximum atomic E-state index is 11.8. The molecule has 1 fully saturated rings. The number of carbonyl (C=O) groups excluding carboxylic acids is 1. The Kier molecular flexibility index (Phi) is 5.56. The third kappa shape index (κ3) is 4.70. The van der Waals surface area contributed by atoms with Crippen LogP contribution in [-0.2, 0) is 4.79 Å². The Balaban J connectivity index is 1.72. The molecule has 1 aliphatic rings. The molecule has 1 aromatic rings. The Labute approximate surface area is 131 Å². The van der Waals surface area contributed by atoms with E-state index < -0.39 is 0 Å². The quantitative estimate of drug-likeness (QED) is 0.791. The van der Waals surface area contributed by atoms with Crippen molar-refractivity contribution in [2.75, 3.05) is 13.2 Å². The van der Waals surface area contributed by atoms with Gasteiger partial charge in [0, 0.05) is 12.1 Å². The van der Waals surface area contributed by atoms with Crippen molar-refractivity contribution in [3.63, 3.8) is 0 Å². The number of benzene rings is 1. The molecule has 0 radical (unpaired) electrons. The molecule has 114 valence electrons. The van der Waals surface area contributed by atoms with Gasteiger partial charge in [-0.1, -0.05) is 32.0 Å². The fourth-order valence-corrected chi connectivity index (χ4v) is 2.82. The lowest BCUT2D eigenvalue weighted by molar-refractivity contribution is -0.123. The van der Waals surface area contributed by atoms with Crippen molar-refractivity contribution < 1.29 is 9.53 Å². The summed E-state index contributed by atoms with van der Waals surface area (Å²) in [6, 6.07) is 7.10. The summed E-state index contributed by atoms with van der Waals surface area (Å²) < 4.78 is 5.45. The topological polar surface area (TPSA) is 64.3 Å². The Hall–Kier alpha value is -1.62. The van der Waals surface area contributed by atoms with Crippen LogP contribution in [0.4, 0.5) is 0 Å². The second kappa shape index (κ2) is 7.41. The van der Waals surface area contributed by atoms with E-state index in [1.807, 2.05) is 0 Å². The summed E-state index contributed by atoms with van der Waals surface area (Å²) >= 11 is 4.88. The highest BCUT2D eigenvalue weighted by Crippen LogP contribution is 2.30. The van der Waals surface area contributed by atoms with Crippen molar-refractivity contribution in [1.29, 1.82) is 0 Å². The Morgan fingerprint density at radius 3 is 2.67 bits per heavy atom. The molecule has 2 rings (SSSR count). The second-order valence-corrected chi connectivity index (χ2v) is 6.09. The normalized spacial score (nSPS) is 21.0. The number of hydrogen-bond acceptors (Lipinski definition) is 3. The highest BCUT2D eigenvalue weighted by Gasteiger charge is 2.23. The lowest BCUT2D eigenvalue weighted by Gasteiger charge is -2.16. The van der Waals surface area contributed by atoms with Gasteiger partial charge < -0.3 is 15.8 Å². The number of carbonyl (C=O) groups is 1. The van der Waals surface area contributed by atoms with Crippen LogP contribution in [0.5, 0.6) is 5.75 Å². The van der Waals surface area contributed by atoms with Crippen LogP contribution in [0.3, 0.4) is 0 Å². The van der Waals surface area contributed by atoms with Gasteiger partial charge in [-0.2, -0.15) is 0 Å². The number of ether oxygens (including phenoxy) is 1. The maximum absolute atomic E-state index is 11.8. The van der Waals surface area contributed by atoms with Crippen LogP contribution >= 0.6 is 12.2 Å². The number of rotatable bonds is 6. The van der Waals surface area contributed by atoms with Gasteiger partial charge in [-0.3, -0.25) is 4.79 Å². The van der Waals surface area contributed by atoms with Gasteiger partial charge in [-0.05, 0) is 42.5 Å². The lowest BCUT2D eigenvalue weighted by Crippen LogP contribution is -2.33. The van der Waals surface area contributed by atoms with E-state index in [1.165, 1.54) is 19.3 Å². The molecular weight excluding hydrogens is 284 g/mol. The third-order valence-electron chi connectivity index (χ3n) is 4.11. The van der Waals surface area contributed by atoms with Crippen LogP contribution in [0.25, 0.3) is 0 Å². The van der Waals surface area contributed by atoms with Gasteiger partial charge in [0.2, 0.25) is 0 Å². The molecule has 0 aromatic heterocycles. The Bertz CT molecular complexity index is 502. The van der Waals surface area contributed by atoms with E-state index in [9.17, 15) is 4.79 Å². The van der Waals surface area contributed by atoms with Crippen molar-refractivity contribution in [1.82, 2.24) is 5.32 Å². The molecule has 1 amide bonds. The van der Waals surface area contributed by atoms with Gasteiger partial charge in [0.15, 0.2) is 6.61 Å². The molecule has 3 N–H and O–H groups in total. The summed E-state index contributed by atoms with van der Waals surface area (Å²) in [5, 5.41) is 2.95. The highest BCUT2D eigenvalue weighted by atomic mass is 32.1. The van der Waals surface area contributed by atoms with Crippen molar-refractivity contribution in [3.05, 3.63) is 29.8 Å². The smallest absolute Gasteiger partial charge is 0.257 e. The maximum Gasteiger partial charge on any atom is 0.257 e. The first kappa shape index (κ1) is 15.8. The van der Waals surface area contributed by atoms with Crippen molar-refractivity contribution in [2.45, 2.75) is 26.2 Å². The molecule has 1 saturated carbocycles. The molecule has 1 aromatic carbocycles. The molecule has 4 nitrogen and oxygen atoms in total. The first-order chi connectivity index (χ1) is 10.1. The molecule has 0 bridgehead atoms. The summed E-state index contributed by atoms with van der Waals surface area (Å²) in [5.41, 5.74) is 6.31. The zero-order chi connectivity index (χ0) is 15.2. The zero-order valence-electron chi connectivity index (χ0n) is 12.3. The standard InChI is InChI=1S/C16H22N2O2S/c1-11-3-2-4-13(11)9-18-15(19)10-20-14-7-5-12(6-8-14)16(17)21/h5-8,11,13H,2-4,9-10H2,1H3,(H2,17,21)(H,18,19).